The second-order valence-corrected chi connectivity index (χ2v) is 11.3. The van der Waals surface area contributed by atoms with Crippen LogP contribution in [0.1, 0.15) is 34.1 Å². The van der Waals surface area contributed by atoms with Crippen LogP contribution in [0.15, 0.2) is 24.8 Å². The number of aliphatic carboxylic acids is 2. The molecule has 3 atom stereocenters. The summed E-state index contributed by atoms with van der Waals surface area (Å²) in [5.74, 6) is -1.76. The Morgan fingerprint density at radius 1 is 1.02 bits per heavy atom. The van der Waals surface area contributed by atoms with Gasteiger partial charge in [0.05, 0.1) is 32.2 Å². The van der Waals surface area contributed by atoms with Crippen LogP contribution in [0.4, 0.5) is 15.4 Å². The van der Waals surface area contributed by atoms with Crippen molar-refractivity contribution in [1.82, 2.24) is 19.5 Å². The molecule has 0 amide bonds. The molecule has 2 aromatic heterocycles. The van der Waals surface area contributed by atoms with E-state index in [0.29, 0.717) is 54.8 Å². The number of fused-ring (bicyclic) bond motifs is 1. The highest BCUT2D eigenvalue weighted by atomic mass is 31.2. The highest BCUT2D eigenvalue weighted by molar-refractivity contribution is 7.53. The zero-order valence-electron chi connectivity index (χ0n) is 23.8. The maximum absolute atomic E-state index is 12.9. The number of nitrogen functional groups attached to an aromatic ring is 1. The summed E-state index contributed by atoms with van der Waals surface area (Å²) in [6.07, 6.45) is 0.989. The molecule has 3 rings (SSSR count). The Kier molecular flexibility index (Phi) is 16.4. The lowest BCUT2D eigenvalue weighted by molar-refractivity contribution is -0.134. The first-order valence-corrected chi connectivity index (χ1v) is 13.9. The summed E-state index contributed by atoms with van der Waals surface area (Å²) >= 11 is 0. The van der Waals surface area contributed by atoms with Gasteiger partial charge < -0.3 is 54.7 Å². The van der Waals surface area contributed by atoms with Crippen LogP contribution in [0.25, 0.3) is 11.2 Å². The van der Waals surface area contributed by atoms with Gasteiger partial charge in [0.2, 0.25) is 0 Å². The van der Waals surface area contributed by atoms with Gasteiger partial charge in [-0.2, -0.15) is 0 Å². The van der Waals surface area contributed by atoms with Gasteiger partial charge in [-0.05, 0) is 24.7 Å². The fourth-order valence-corrected chi connectivity index (χ4v) is 4.55. The first-order chi connectivity index (χ1) is 19.8. The number of nitrogens with zero attached hydrogens (tertiary/aromatic N) is 4. The average Bonchev–Trinajstić information content (AvgIpc) is 3.21. The number of hydrogen-bond acceptors (Lipinski definition) is 12. The molecule has 0 bridgehead atoms. The van der Waals surface area contributed by atoms with Gasteiger partial charge in [0.15, 0.2) is 11.5 Å². The topological polar surface area (TPSA) is 304 Å². The minimum atomic E-state index is -3.27. The van der Waals surface area contributed by atoms with E-state index in [4.69, 9.17) is 59.7 Å². The quantitative estimate of drug-likeness (QED) is 0.161. The van der Waals surface area contributed by atoms with E-state index in [1.54, 1.807) is 6.33 Å². The first kappa shape index (κ1) is 38.7. The number of hydrogen-bond donors (Lipinski definition) is 7. The molecular weight excluding hydrogens is 601 g/mol. The molecule has 0 radical (unpaired) electrons. The molecule has 3 heterocycles. The van der Waals surface area contributed by atoms with Gasteiger partial charge in [-0.3, -0.25) is 4.57 Å². The van der Waals surface area contributed by atoms with Gasteiger partial charge in [0.1, 0.15) is 18.2 Å². The highest BCUT2D eigenvalue weighted by Gasteiger charge is 2.38. The molecule has 19 nitrogen and oxygen atoms in total. The summed E-state index contributed by atoms with van der Waals surface area (Å²) < 4.78 is 31.8. The molecule has 1 aliphatic rings. The summed E-state index contributed by atoms with van der Waals surface area (Å²) in [6, 6.07) is 0. The summed E-state index contributed by atoms with van der Waals surface area (Å²) in [6.45, 7) is 9.61. The number of imidazole rings is 1. The summed E-state index contributed by atoms with van der Waals surface area (Å²) in [5, 5.41) is 43.5. The Bertz CT molecular complexity index is 1260. The van der Waals surface area contributed by atoms with Crippen molar-refractivity contribution in [2.45, 2.75) is 46.8 Å². The van der Waals surface area contributed by atoms with Crippen LogP contribution in [-0.4, -0.2) is 100 Å². The van der Waals surface area contributed by atoms with Crippen LogP contribution in [-0.2, 0) is 34.5 Å². The van der Waals surface area contributed by atoms with Gasteiger partial charge in [-0.15, -0.1) is 0 Å². The monoisotopic (exact) mass is 637 g/mol. The van der Waals surface area contributed by atoms with E-state index in [0.717, 1.165) is 6.42 Å². The van der Waals surface area contributed by atoms with E-state index in [1.807, 2.05) is 11.5 Å². The van der Waals surface area contributed by atoms with Crippen molar-refractivity contribution < 1.29 is 68.2 Å². The molecule has 0 aromatic carbocycles. The van der Waals surface area contributed by atoms with Gasteiger partial charge >= 0.3 is 31.8 Å². The molecule has 43 heavy (non-hydrogen) atoms. The van der Waals surface area contributed by atoms with E-state index < -0.39 is 31.8 Å². The number of carbonyl (C=O) groups is 4. The SMILES string of the molecule is CC(C)C1(C)CCOP(=O)(CO[C@H](C)Cn2cnc3c(N)ncnc32)OC1.O=C(O)/C=C/C(=O)O.O=C(O)O.O=C(O)O. The molecular formula is C23H36N5O14P. The zero-order chi connectivity index (χ0) is 33.4. The number of aromatic nitrogens is 4. The average molecular weight is 638 g/mol. The van der Waals surface area contributed by atoms with Gasteiger partial charge in [-0.25, -0.2) is 34.1 Å². The lowest BCUT2D eigenvalue weighted by Gasteiger charge is -2.31. The summed E-state index contributed by atoms with van der Waals surface area (Å²) in [7, 11) is -3.27. The molecule has 2 unspecified atom stereocenters. The minimum Gasteiger partial charge on any atom is -0.478 e. The molecule has 0 saturated carbocycles. The summed E-state index contributed by atoms with van der Waals surface area (Å²) in [4.78, 5) is 48.6. The van der Waals surface area contributed by atoms with Crippen molar-refractivity contribution in [1.29, 1.82) is 0 Å². The van der Waals surface area contributed by atoms with Crippen LogP contribution in [0, 0.1) is 11.3 Å². The Morgan fingerprint density at radius 2 is 1.56 bits per heavy atom. The van der Waals surface area contributed by atoms with E-state index in [2.05, 4.69) is 35.7 Å². The smallest absolute Gasteiger partial charge is 0.478 e. The van der Waals surface area contributed by atoms with Crippen LogP contribution >= 0.6 is 7.60 Å². The second-order valence-electron chi connectivity index (χ2n) is 9.29. The largest absolute Gasteiger partial charge is 0.503 e. The van der Waals surface area contributed by atoms with Gasteiger partial charge in [-0.1, -0.05) is 20.8 Å². The normalized spacial score (nSPS) is 20.3. The van der Waals surface area contributed by atoms with Crippen LogP contribution in [0.2, 0.25) is 0 Å². The fraction of sp³-hybridized carbons (Fsp3) is 0.522. The maximum Gasteiger partial charge on any atom is 0.503 e. The Labute approximate surface area is 245 Å². The molecule has 20 heteroatoms. The number of rotatable bonds is 8. The predicted molar refractivity (Wildman–Crippen MR) is 148 cm³/mol. The molecule has 1 aliphatic heterocycles. The van der Waals surface area contributed by atoms with Crippen molar-refractivity contribution >= 4 is 48.8 Å². The zero-order valence-corrected chi connectivity index (χ0v) is 24.7. The van der Waals surface area contributed by atoms with Crippen molar-refractivity contribution in [3.05, 3.63) is 24.8 Å². The predicted octanol–water partition coefficient (Wildman–Crippen LogP) is 3.22. The molecule has 1 fully saturated rings. The minimum absolute atomic E-state index is 0.0485. The third-order valence-corrected chi connectivity index (χ3v) is 7.28. The third kappa shape index (κ3) is 16.0. The third-order valence-electron chi connectivity index (χ3n) is 5.71. The lowest BCUT2D eigenvalue weighted by Crippen LogP contribution is -2.28. The molecule has 0 aliphatic carbocycles. The van der Waals surface area contributed by atoms with Crippen LogP contribution in [0.3, 0.4) is 0 Å². The fourth-order valence-electron chi connectivity index (χ4n) is 3.03. The summed E-state index contributed by atoms with van der Waals surface area (Å²) in [5.41, 5.74) is 6.95. The Hall–Kier alpha value is -4.32. The van der Waals surface area contributed by atoms with Crippen molar-refractivity contribution in [3.8, 4) is 0 Å². The number of carboxylic acid groups (broad SMARTS) is 6. The van der Waals surface area contributed by atoms with Gasteiger partial charge in [0, 0.05) is 12.2 Å². The first-order valence-electron chi connectivity index (χ1n) is 12.2. The molecule has 1 saturated heterocycles. The Morgan fingerprint density at radius 3 is 2.05 bits per heavy atom. The van der Waals surface area contributed by atoms with E-state index in [9.17, 15) is 14.2 Å². The van der Waals surface area contributed by atoms with Crippen molar-refractivity contribution in [2.75, 3.05) is 25.3 Å². The highest BCUT2D eigenvalue weighted by Crippen LogP contribution is 2.53. The van der Waals surface area contributed by atoms with E-state index >= 15 is 0 Å². The second kappa shape index (κ2) is 18.3. The van der Waals surface area contributed by atoms with Crippen LogP contribution in [0.5, 0.6) is 0 Å². The standard InChI is InChI=1S/C17H28N5O4P.C4H4O4.2CH2O3/c1-12(2)17(4)5-6-25-27(23,26-8-17)11-24-13(3)7-22-10-21-14-15(18)19-9-20-16(14)22;5-3(6)1-2-4(7)8;2*2-1(3)4/h9-10,12-13H,5-8,11H2,1-4H3,(H2,18,19,20);1-2H,(H,5,6)(H,7,8);2*(H2,2,3,4)/b;2-1+;;/t13-,17?,27?;;;/m1.../s1. The van der Waals surface area contributed by atoms with Crippen molar-refractivity contribution in [3.63, 3.8) is 0 Å². The molecule has 2 aromatic rings. The molecule has 8 N–H and O–H groups in total. The molecule has 0 spiro atoms. The maximum atomic E-state index is 12.9. The Balaban J connectivity index is 0.000000910. The van der Waals surface area contributed by atoms with E-state index in [1.165, 1.54) is 6.33 Å². The number of carboxylic acids is 2. The molecule has 242 valence electrons. The lowest BCUT2D eigenvalue weighted by atomic mass is 9.77. The number of nitrogens with two attached hydrogens (primary N) is 1. The van der Waals surface area contributed by atoms with Crippen molar-refractivity contribution in [2.24, 2.45) is 11.3 Å². The number of anilines is 1. The van der Waals surface area contributed by atoms with Gasteiger partial charge in [0.25, 0.3) is 0 Å². The number of ether oxygens (including phenoxy) is 1. The van der Waals surface area contributed by atoms with Crippen LogP contribution < -0.4 is 5.73 Å². The van der Waals surface area contributed by atoms with E-state index in [-0.39, 0.29) is 17.9 Å².